The predicted molar refractivity (Wildman–Crippen MR) is 99.5 cm³/mol. The Morgan fingerprint density at radius 2 is 1.92 bits per heavy atom. The van der Waals surface area contributed by atoms with Crippen LogP contribution in [0.5, 0.6) is 0 Å². The Kier molecular flexibility index (Phi) is 5.39. The summed E-state index contributed by atoms with van der Waals surface area (Å²) < 4.78 is 13.5. The normalized spacial score (nSPS) is 11.3. The lowest BCUT2D eigenvalue weighted by Gasteiger charge is -2.21. The Morgan fingerprint density at radius 3 is 2.40 bits per heavy atom. The molecule has 1 aromatic heterocycles. The van der Waals surface area contributed by atoms with Crippen LogP contribution in [-0.4, -0.2) is 19.0 Å². The molecule has 0 saturated heterocycles. The zero-order valence-corrected chi connectivity index (χ0v) is 15.9. The van der Waals surface area contributed by atoms with E-state index in [2.05, 4.69) is 5.32 Å². The highest BCUT2D eigenvalue weighted by atomic mass is 35.5. The number of urea groups is 1. The third kappa shape index (κ3) is 3.93. The van der Waals surface area contributed by atoms with Gasteiger partial charge >= 0.3 is 6.03 Å². The number of nitrogens with one attached hydrogen (secondary N) is 1. The van der Waals surface area contributed by atoms with Crippen LogP contribution in [0.3, 0.4) is 0 Å². The van der Waals surface area contributed by atoms with Gasteiger partial charge in [0.2, 0.25) is 0 Å². The van der Waals surface area contributed by atoms with E-state index in [4.69, 9.17) is 17.3 Å². The Balaban J connectivity index is 2.68. The van der Waals surface area contributed by atoms with E-state index in [1.54, 1.807) is 6.07 Å². The molecule has 134 valence electrons. The fraction of sp³-hybridized carbons (Fsp3) is 0.294. The number of hydrogen-bond acceptors (Lipinski definition) is 3. The van der Waals surface area contributed by atoms with Gasteiger partial charge in [-0.1, -0.05) is 32.4 Å². The second kappa shape index (κ2) is 7.01. The van der Waals surface area contributed by atoms with Crippen LogP contribution in [0.1, 0.15) is 35.3 Å². The molecule has 0 aliphatic rings. The van der Waals surface area contributed by atoms with Crippen molar-refractivity contribution >= 4 is 46.3 Å². The molecule has 3 N–H and O–H groups in total. The fourth-order valence-electron chi connectivity index (χ4n) is 2.20. The predicted octanol–water partition coefficient (Wildman–Crippen LogP) is 4.41. The van der Waals surface area contributed by atoms with E-state index in [9.17, 15) is 14.0 Å². The van der Waals surface area contributed by atoms with Gasteiger partial charge in [-0.2, -0.15) is 0 Å². The fourth-order valence-corrected chi connectivity index (χ4v) is 3.52. The molecule has 8 heteroatoms. The lowest BCUT2D eigenvalue weighted by molar-refractivity contribution is 0.0967. The molecule has 0 atom stereocenters. The first kappa shape index (κ1) is 19.2. The molecule has 0 spiro atoms. The topological polar surface area (TPSA) is 75.4 Å². The summed E-state index contributed by atoms with van der Waals surface area (Å²) in [6, 6.07) is 4.77. The van der Waals surface area contributed by atoms with Gasteiger partial charge in [0.1, 0.15) is 10.7 Å². The first-order valence-electron chi connectivity index (χ1n) is 7.47. The van der Waals surface area contributed by atoms with Crippen molar-refractivity contribution in [3.05, 3.63) is 44.9 Å². The van der Waals surface area contributed by atoms with Gasteiger partial charge in [0.15, 0.2) is 0 Å². The molecular formula is C17H19ClFN3O2S. The van der Waals surface area contributed by atoms with Crippen LogP contribution in [0, 0.1) is 5.82 Å². The molecule has 25 heavy (non-hydrogen) atoms. The maximum absolute atomic E-state index is 13.5. The van der Waals surface area contributed by atoms with Crippen LogP contribution in [0.25, 0.3) is 0 Å². The quantitative estimate of drug-likeness (QED) is 0.823. The number of thiophene rings is 1. The molecule has 0 aliphatic carbocycles. The molecule has 0 radical (unpaired) electrons. The van der Waals surface area contributed by atoms with Crippen LogP contribution < -0.4 is 16.0 Å². The van der Waals surface area contributed by atoms with E-state index in [-0.39, 0.29) is 22.0 Å². The highest BCUT2D eigenvalue weighted by molar-refractivity contribution is 7.14. The van der Waals surface area contributed by atoms with Crippen molar-refractivity contribution in [2.45, 2.75) is 26.2 Å². The Hall–Kier alpha value is -2.12. The van der Waals surface area contributed by atoms with Crippen molar-refractivity contribution in [2.24, 2.45) is 5.73 Å². The molecular weight excluding hydrogens is 365 g/mol. The third-order valence-corrected chi connectivity index (χ3v) is 5.35. The molecule has 2 rings (SSSR count). The van der Waals surface area contributed by atoms with E-state index < -0.39 is 11.8 Å². The van der Waals surface area contributed by atoms with E-state index in [1.807, 2.05) is 20.8 Å². The number of nitrogens with zero attached hydrogens (tertiary/aromatic N) is 1. The molecule has 1 aromatic carbocycles. The number of rotatable bonds is 3. The molecule has 3 amide bonds. The summed E-state index contributed by atoms with van der Waals surface area (Å²) in [5.74, 6) is -0.947. The highest BCUT2D eigenvalue weighted by Crippen LogP contribution is 2.40. The second-order valence-electron chi connectivity index (χ2n) is 6.43. The first-order valence-corrected chi connectivity index (χ1v) is 8.66. The minimum atomic E-state index is -0.800. The van der Waals surface area contributed by atoms with Crippen LogP contribution >= 0.6 is 22.9 Å². The lowest BCUT2D eigenvalue weighted by Crippen LogP contribution is -2.33. The van der Waals surface area contributed by atoms with Crippen molar-refractivity contribution in [3.63, 3.8) is 0 Å². The zero-order valence-electron chi connectivity index (χ0n) is 14.3. The highest BCUT2D eigenvalue weighted by Gasteiger charge is 2.28. The number of anilines is 2. The summed E-state index contributed by atoms with van der Waals surface area (Å²) in [5.41, 5.74) is 5.93. The van der Waals surface area contributed by atoms with Crippen molar-refractivity contribution < 1.29 is 14.0 Å². The van der Waals surface area contributed by atoms with E-state index in [1.165, 1.54) is 30.5 Å². The number of carbonyl (C=O) groups excluding carboxylic acids is 2. The monoisotopic (exact) mass is 383 g/mol. The van der Waals surface area contributed by atoms with Gasteiger partial charge in [-0.15, -0.1) is 11.3 Å². The number of carbonyl (C=O) groups is 2. The summed E-state index contributed by atoms with van der Waals surface area (Å²) in [4.78, 5) is 26.8. The maximum atomic E-state index is 13.5. The number of halogens is 2. The summed E-state index contributed by atoms with van der Waals surface area (Å²) >= 11 is 7.11. The Bertz CT molecular complexity index is 830. The van der Waals surface area contributed by atoms with Crippen molar-refractivity contribution in [1.29, 1.82) is 0 Å². The van der Waals surface area contributed by atoms with Gasteiger partial charge in [-0.25, -0.2) is 9.18 Å². The number of amides is 3. The standard InChI is InChI=1S/C17H19ClFN3O2S/c1-17(2,3)13-8-12(14(25-13)15(23)21-4)22(16(20)24)9-5-6-11(19)10(18)7-9/h5-8H,1-4H3,(H2,20,24)(H,21,23). The first-order chi connectivity index (χ1) is 11.6. The van der Waals surface area contributed by atoms with Crippen molar-refractivity contribution in [2.75, 3.05) is 11.9 Å². The average molecular weight is 384 g/mol. The zero-order chi connectivity index (χ0) is 18.9. The lowest BCUT2D eigenvalue weighted by atomic mass is 9.94. The van der Waals surface area contributed by atoms with Crippen LogP contribution in [0.15, 0.2) is 24.3 Å². The molecule has 0 saturated carbocycles. The van der Waals surface area contributed by atoms with Crippen LogP contribution in [-0.2, 0) is 5.41 Å². The average Bonchev–Trinajstić information content (AvgIpc) is 2.95. The van der Waals surface area contributed by atoms with E-state index in [0.29, 0.717) is 10.6 Å². The molecule has 0 fully saturated rings. The SMILES string of the molecule is CNC(=O)c1sc(C(C)(C)C)cc1N(C(N)=O)c1ccc(F)c(Cl)c1. The maximum Gasteiger partial charge on any atom is 0.323 e. The third-order valence-electron chi connectivity index (χ3n) is 3.51. The largest absolute Gasteiger partial charge is 0.354 e. The van der Waals surface area contributed by atoms with Gasteiger partial charge in [0, 0.05) is 11.9 Å². The van der Waals surface area contributed by atoms with Crippen molar-refractivity contribution in [1.82, 2.24) is 5.32 Å². The van der Waals surface area contributed by atoms with Crippen LogP contribution in [0.2, 0.25) is 5.02 Å². The Morgan fingerprint density at radius 1 is 1.28 bits per heavy atom. The molecule has 0 unspecified atom stereocenters. The van der Waals surface area contributed by atoms with Gasteiger partial charge in [0.05, 0.1) is 16.4 Å². The van der Waals surface area contributed by atoms with Crippen LogP contribution in [0.4, 0.5) is 20.6 Å². The minimum absolute atomic E-state index is 0.142. The number of hydrogen-bond donors (Lipinski definition) is 2. The van der Waals surface area contributed by atoms with Gasteiger partial charge < -0.3 is 11.1 Å². The molecule has 1 heterocycles. The summed E-state index contributed by atoms with van der Waals surface area (Å²) in [6.07, 6.45) is 0. The van der Waals surface area contributed by atoms with E-state index in [0.717, 1.165) is 15.8 Å². The smallest absolute Gasteiger partial charge is 0.323 e. The van der Waals surface area contributed by atoms with Gasteiger partial charge in [-0.05, 0) is 29.7 Å². The summed E-state index contributed by atoms with van der Waals surface area (Å²) in [5, 5.41) is 2.42. The summed E-state index contributed by atoms with van der Waals surface area (Å²) in [6.45, 7) is 6.00. The molecule has 5 nitrogen and oxygen atoms in total. The Labute approximate surface area is 154 Å². The molecule has 0 bridgehead atoms. The van der Waals surface area contributed by atoms with Gasteiger partial charge in [-0.3, -0.25) is 9.69 Å². The molecule has 0 aliphatic heterocycles. The summed E-state index contributed by atoms with van der Waals surface area (Å²) in [7, 11) is 1.51. The second-order valence-corrected chi connectivity index (χ2v) is 7.89. The number of primary amides is 1. The van der Waals surface area contributed by atoms with E-state index >= 15 is 0 Å². The number of benzene rings is 1. The van der Waals surface area contributed by atoms with Gasteiger partial charge in [0.25, 0.3) is 5.91 Å². The molecule has 2 aromatic rings. The van der Waals surface area contributed by atoms with Crippen molar-refractivity contribution in [3.8, 4) is 0 Å². The minimum Gasteiger partial charge on any atom is -0.354 e. The number of nitrogens with two attached hydrogens (primary N) is 1.